The first kappa shape index (κ1) is 9.99. The molecule has 0 aromatic rings. The van der Waals surface area contributed by atoms with E-state index in [1.54, 1.807) is 0 Å². The summed E-state index contributed by atoms with van der Waals surface area (Å²) in [6, 6.07) is 0. The first-order valence-electron chi connectivity index (χ1n) is 4.10. The fourth-order valence-corrected chi connectivity index (χ4v) is 2.30. The van der Waals surface area contributed by atoms with E-state index in [0.29, 0.717) is 5.33 Å². The normalized spacial score (nSPS) is 21.8. The Morgan fingerprint density at radius 1 is 1.58 bits per heavy atom. The molecule has 0 spiro atoms. The van der Waals surface area contributed by atoms with Gasteiger partial charge in [-0.15, -0.1) is 0 Å². The summed E-state index contributed by atoms with van der Waals surface area (Å²) in [5.41, 5.74) is -0.278. The smallest absolute Gasteiger partial charge is 0.312 e. The predicted octanol–water partition coefficient (Wildman–Crippen LogP) is 0.924. The number of methoxy groups -OCH3 is 1. The molecule has 0 amide bonds. The molecule has 1 N–H and O–H groups in total. The minimum atomic E-state index is -0.278. The molecule has 1 fully saturated rings. The van der Waals surface area contributed by atoms with Crippen molar-refractivity contribution in [3.05, 3.63) is 0 Å². The molecule has 0 aromatic heterocycles. The SMILES string of the molecule is COC(=O)C1(CBr)CCNCC1. The van der Waals surface area contributed by atoms with Crippen molar-refractivity contribution >= 4 is 21.9 Å². The van der Waals surface area contributed by atoms with Crippen LogP contribution in [0.25, 0.3) is 0 Å². The molecule has 12 heavy (non-hydrogen) atoms. The Bertz CT molecular complexity index is 166. The molecule has 1 rings (SSSR count). The van der Waals surface area contributed by atoms with Crippen LogP contribution in [-0.2, 0) is 9.53 Å². The average molecular weight is 236 g/mol. The first-order valence-corrected chi connectivity index (χ1v) is 5.22. The molecular weight excluding hydrogens is 222 g/mol. The van der Waals surface area contributed by atoms with Crippen molar-refractivity contribution in [1.29, 1.82) is 0 Å². The maximum atomic E-state index is 11.4. The summed E-state index contributed by atoms with van der Waals surface area (Å²) in [6.45, 7) is 1.81. The fourth-order valence-electron chi connectivity index (χ4n) is 1.51. The molecule has 70 valence electrons. The molecule has 1 aliphatic heterocycles. The molecule has 1 aliphatic rings. The number of ether oxygens (including phenoxy) is 1. The molecule has 0 atom stereocenters. The standard InChI is InChI=1S/C8H14BrNO2/c1-12-7(11)8(6-9)2-4-10-5-3-8/h10H,2-6H2,1H3. The number of carbonyl (C=O) groups excluding carboxylic acids is 1. The molecular formula is C8H14BrNO2. The predicted molar refractivity (Wildman–Crippen MR) is 50.3 cm³/mol. The average Bonchev–Trinajstić information content (AvgIpc) is 2.17. The summed E-state index contributed by atoms with van der Waals surface area (Å²) < 4.78 is 4.79. The van der Waals surface area contributed by atoms with Crippen LogP contribution < -0.4 is 5.32 Å². The highest BCUT2D eigenvalue weighted by Crippen LogP contribution is 2.32. The maximum absolute atomic E-state index is 11.4. The Hall–Kier alpha value is -0.0900. The van der Waals surface area contributed by atoms with Gasteiger partial charge >= 0.3 is 5.97 Å². The van der Waals surface area contributed by atoms with Crippen molar-refractivity contribution in [3.63, 3.8) is 0 Å². The lowest BCUT2D eigenvalue weighted by Crippen LogP contribution is -2.43. The highest BCUT2D eigenvalue weighted by atomic mass is 79.9. The van der Waals surface area contributed by atoms with E-state index in [-0.39, 0.29) is 11.4 Å². The Kier molecular flexibility index (Phi) is 3.53. The van der Waals surface area contributed by atoms with E-state index in [9.17, 15) is 4.79 Å². The first-order chi connectivity index (χ1) is 5.75. The molecule has 0 saturated carbocycles. The third kappa shape index (κ3) is 1.80. The molecule has 0 aliphatic carbocycles. The number of hydrogen-bond acceptors (Lipinski definition) is 3. The number of alkyl halides is 1. The lowest BCUT2D eigenvalue weighted by molar-refractivity contribution is -0.152. The molecule has 0 unspecified atom stereocenters. The van der Waals surface area contributed by atoms with E-state index in [0.717, 1.165) is 25.9 Å². The molecule has 1 heterocycles. The number of esters is 1. The summed E-state index contributed by atoms with van der Waals surface area (Å²) in [5.74, 6) is -0.0825. The Balaban J connectivity index is 2.66. The lowest BCUT2D eigenvalue weighted by atomic mass is 9.81. The second-order valence-electron chi connectivity index (χ2n) is 3.16. The van der Waals surface area contributed by atoms with Crippen LogP contribution in [0.2, 0.25) is 0 Å². The van der Waals surface area contributed by atoms with Crippen LogP contribution in [0.4, 0.5) is 0 Å². The second kappa shape index (κ2) is 4.23. The number of piperidine rings is 1. The van der Waals surface area contributed by atoms with Crippen molar-refractivity contribution in [2.75, 3.05) is 25.5 Å². The third-order valence-electron chi connectivity index (χ3n) is 2.43. The van der Waals surface area contributed by atoms with E-state index in [1.807, 2.05) is 0 Å². The van der Waals surface area contributed by atoms with Gasteiger partial charge in [0.05, 0.1) is 12.5 Å². The van der Waals surface area contributed by atoms with Gasteiger partial charge in [-0.25, -0.2) is 0 Å². The molecule has 0 aromatic carbocycles. The number of carbonyl (C=O) groups is 1. The van der Waals surface area contributed by atoms with Gasteiger partial charge in [0.2, 0.25) is 0 Å². The number of halogens is 1. The van der Waals surface area contributed by atoms with E-state index in [1.165, 1.54) is 7.11 Å². The number of rotatable bonds is 2. The lowest BCUT2D eigenvalue weighted by Gasteiger charge is -2.32. The zero-order chi connectivity index (χ0) is 9.03. The largest absolute Gasteiger partial charge is 0.469 e. The summed E-state index contributed by atoms with van der Waals surface area (Å²) in [7, 11) is 1.45. The van der Waals surface area contributed by atoms with Crippen LogP contribution in [0.3, 0.4) is 0 Å². The minimum absolute atomic E-state index is 0.0825. The van der Waals surface area contributed by atoms with E-state index in [2.05, 4.69) is 21.2 Å². The van der Waals surface area contributed by atoms with E-state index < -0.39 is 0 Å². The monoisotopic (exact) mass is 235 g/mol. The second-order valence-corrected chi connectivity index (χ2v) is 3.72. The van der Waals surface area contributed by atoms with Gasteiger partial charge in [0.1, 0.15) is 0 Å². The fraction of sp³-hybridized carbons (Fsp3) is 0.875. The minimum Gasteiger partial charge on any atom is -0.469 e. The Morgan fingerprint density at radius 2 is 2.17 bits per heavy atom. The van der Waals surface area contributed by atoms with Crippen molar-refractivity contribution in [2.45, 2.75) is 12.8 Å². The van der Waals surface area contributed by atoms with Gasteiger partial charge in [-0.05, 0) is 25.9 Å². The third-order valence-corrected chi connectivity index (χ3v) is 3.51. The van der Waals surface area contributed by atoms with Crippen LogP contribution in [0, 0.1) is 5.41 Å². The summed E-state index contributed by atoms with van der Waals surface area (Å²) in [6.07, 6.45) is 1.73. The van der Waals surface area contributed by atoms with Crippen molar-refractivity contribution < 1.29 is 9.53 Å². The van der Waals surface area contributed by atoms with Crippen molar-refractivity contribution in [2.24, 2.45) is 5.41 Å². The highest BCUT2D eigenvalue weighted by Gasteiger charge is 2.39. The topological polar surface area (TPSA) is 38.3 Å². The van der Waals surface area contributed by atoms with Crippen LogP contribution >= 0.6 is 15.9 Å². The Morgan fingerprint density at radius 3 is 2.58 bits per heavy atom. The summed E-state index contributed by atoms with van der Waals surface area (Å²) in [5, 5.41) is 3.93. The summed E-state index contributed by atoms with van der Waals surface area (Å²) in [4.78, 5) is 11.4. The van der Waals surface area contributed by atoms with Crippen LogP contribution in [0.15, 0.2) is 0 Å². The van der Waals surface area contributed by atoms with Gasteiger partial charge < -0.3 is 10.1 Å². The van der Waals surface area contributed by atoms with Crippen molar-refractivity contribution in [1.82, 2.24) is 5.32 Å². The van der Waals surface area contributed by atoms with Gasteiger partial charge in [0.25, 0.3) is 0 Å². The van der Waals surface area contributed by atoms with Gasteiger partial charge in [0, 0.05) is 5.33 Å². The molecule has 0 radical (unpaired) electrons. The molecule has 4 heteroatoms. The zero-order valence-electron chi connectivity index (χ0n) is 7.23. The van der Waals surface area contributed by atoms with Gasteiger partial charge in [-0.1, -0.05) is 15.9 Å². The van der Waals surface area contributed by atoms with Gasteiger partial charge in [0.15, 0.2) is 0 Å². The van der Waals surface area contributed by atoms with Gasteiger partial charge in [-0.3, -0.25) is 4.79 Å². The van der Waals surface area contributed by atoms with Crippen LogP contribution in [-0.4, -0.2) is 31.5 Å². The van der Waals surface area contributed by atoms with E-state index >= 15 is 0 Å². The zero-order valence-corrected chi connectivity index (χ0v) is 8.82. The molecule has 3 nitrogen and oxygen atoms in total. The van der Waals surface area contributed by atoms with Crippen LogP contribution in [0.1, 0.15) is 12.8 Å². The number of nitrogens with one attached hydrogen (secondary N) is 1. The van der Waals surface area contributed by atoms with Crippen molar-refractivity contribution in [3.8, 4) is 0 Å². The maximum Gasteiger partial charge on any atom is 0.312 e. The molecule has 0 bridgehead atoms. The molecule has 1 saturated heterocycles. The van der Waals surface area contributed by atoms with Crippen LogP contribution in [0.5, 0.6) is 0 Å². The highest BCUT2D eigenvalue weighted by molar-refractivity contribution is 9.09. The quantitative estimate of drug-likeness (QED) is 0.572. The van der Waals surface area contributed by atoms with E-state index in [4.69, 9.17) is 4.74 Å². The van der Waals surface area contributed by atoms with Gasteiger partial charge in [-0.2, -0.15) is 0 Å². The summed E-state index contributed by atoms with van der Waals surface area (Å²) >= 11 is 3.38. The number of hydrogen-bond donors (Lipinski definition) is 1. The Labute approximate surface area is 81.0 Å².